The van der Waals surface area contributed by atoms with E-state index in [2.05, 4.69) is 24.9 Å². The molecule has 0 atom stereocenters. The fourth-order valence-corrected chi connectivity index (χ4v) is 3.43. The number of thiophene rings is 1. The maximum Gasteiger partial charge on any atom is 0.348 e. The van der Waals surface area contributed by atoms with Crippen LogP contribution in [0.15, 0.2) is 6.07 Å². The van der Waals surface area contributed by atoms with E-state index in [0.29, 0.717) is 5.92 Å². The van der Waals surface area contributed by atoms with E-state index in [4.69, 9.17) is 4.74 Å². The molecule has 1 aromatic rings. The van der Waals surface area contributed by atoms with Crippen LogP contribution in [0.25, 0.3) is 0 Å². The number of methoxy groups -OCH3 is 1. The molecule has 94 valence electrons. The normalized spacial score (nSPS) is 18.3. The van der Waals surface area contributed by atoms with Gasteiger partial charge in [-0.3, -0.25) is 0 Å². The Morgan fingerprint density at radius 3 is 2.71 bits per heavy atom. The third kappa shape index (κ3) is 2.69. The molecule has 0 unspecified atom stereocenters. The Bertz CT molecular complexity index is 406. The predicted octanol–water partition coefficient (Wildman–Crippen LogP) is 2.65. The molecule has 1 aliphatic rings. The molecule has 0 radical (unpaired) electrons. The van der Waals surface area contributed by atoms with Gasteiger partial charge < -0.3 is 9.64 Å². The first-order chi connectivity index (χ1) is 8.11. The number of hydrogen-bond donors (Lipinski definition) is 0. The summed E-state index contributed by atoms with van der Waals surface area (Å²) in [5.41, 5.74) is 1.20. The summed E-state index contributed by atoms with van der Waals surface area (Å²) in [6, 6.07) is 2.16. The first kappa shape index (κ1) is 12.6. The van der Waals surface area contributed by atoms with Crippen LogP contribution in [0.1, 0.15) is 38.9 Å². The van der Waals surface area contributed by atoms with Gasteiger partial charge in [0, 0.05) is 4.88 Å². The fourth-order valence-electron chi connectivity index (χ4n) is 2.41. The summed E-state index contributed by atoms with van der Waals surface area (Å²) in [5, 5.41) is 0. The SMILES string of the molecule is COC(=O)c1sc(C)cc1C1CCN(C)CC1. The minimum Gasteiger partial charge on any atom is -0.465 e. The Balaban J connectivity index is 2.22. The Morgan fingerprint density at radius 1 is 1.47 bits per heavy atom. The molecule has 2 rings (SSSR count). The number of carbonyl (C=O) groups is 1. The van der Waals surface area contributed by atoms with Gasteiger partial charge in [0.05, 0.1) is 7.11 Å². The molecular formula is C13H19NO2S. The number of nitrogens with zero attached hydrogens (tertiary/aromatic N) is 1. The molecule has 0 amide bonds. The average molecular weight is 253 g/mol. The van der Waals surface area contributed by atoms with Gasteiger partial charge in [-0.1, -0.05) is 0 Å². The predicted molar refractivity (Wildman–Crippen MR) is 69.9 cm³/mol. The van der Waals surface area contributed by atoms with E-state index >= 15 is 0 Å². The van der Waals surface area contributed by atoms with Crippen molar-refractivity contribution in [2.45, 2.75) is 25.7 Å². The van der Waals surface area contributed by atoms with Crippen molar-refractivity contribution in [1.82, 2.24) is 4.90 Å². The van der Waals surface area contributed by atoms with Crippen molar-refractivity contribution in [1.29, 1.82) is 0 Å². The van der Waals surface area contributed by atoms with Gasteiger partial charge in [-0.05, 0) is 57.5 Å². The maximum atomic E-state index is 11.7. The van der Waals surface area contributed by atoms with Gasteiger partial charge in [0.25, 0.3) is 0 Å². The minimum atomic E-state index is -0.183. The molecule has 0 aromatic carbocycles. The molecule has 0 saturated carbocycles. The van der Waals surface area contributed by atoms with Crippen LogP contribution in [0.4, 0.5) is 0 Å². The van der Waals surface area contributed by atoms with Gasteiger partial charge in [-0.25, -0.2) is 4.79 Å². The zero-order valence-corrected chi connectivity index (χ0v) is 11.5. The zero-order valence-electron chi connectivity index (χ0n) is 10.7. The topological polar surface area (TPSA) is 29.5 Å². The molecule has 1 saturated heterocycles. The quantitative estimate of drug-likeness (QED) is 0.759. The second-order valence-electron chi connectivity index (χ2n) is 4.71. The highest BCUT2D eigenvalue weighted by Crippen LogP contribution is 2.34. The molecule has 17 heavy (non-hydrogen) atoms. The number of rotatable bonds is 2. The van der Waals surface area contributed by atoms with E-state index in [1.807, 2.05) is 0 Å². The largest absolute Gasteiger partial charge is 0.465 e. The average Bonchev–Trinajstić information content (AvgIpc) is 2.71. The summed E-state index contributed by atoms with van der Waals surface area (Å²) in [6.45, 7) is 4.27. The summed E-state index contributed by atoms with van der Waals surface area (Å²) in [5.74, 6) is 0.335. The summed E-state index contributed by atoms with van der Waals surface area (Å²) in [4.78, 5) is 16.1. The van der Waals surface area contributed by atoms with Gasteiger partial charge in [-0.15, -0.1) is 11.3 Å². The van der Waals surface area contributed by atoms with Crippen LogP contribution >= 0.6 is 11.3 Å². The van der Waals surface area contributed by atoms with Crippen LogP contribution in [0, 0.1) is 6.92 Å². The van der Waals surface area contributed by atoms with Gasteiger partial charge in [0.1, 0.15) is 4.88 Å². The molecular weight excluding hydrogens is 234 g/mol. The third-order valence-electron chi connectivity index (χ3n) is 3.41. The van der Waals surface area contributed by atoms with E-state index in [-0.39, 0.29) is 5.97 Å². The molecule has 1 fully saturated rings. The number of aryl methyl sites for hydroxylation is 1. The molecule has 0 bridgehead atoms. The standard InChI is InChI=1S/C13H19NO2S/c1-9-8-11(12(17-9)13(15)16-3)10-4-6-14(2)7-5-10/h8,10H,4-7H2,1-3H3. The third-order valence-corrected chi connectivity index (χ3v) is 4.46. The highest BCUT2D eigenvalue weighted by molar-refractivity contribution is 7.14. The monoisotopic (exact) mass is 253 g/mol. The second-order valence-corrected chi connectivity index (χ2v) is 5.97. The van der Waals surface area contributed by atoms with Gasteiger partial charge >= 0.3 is 5.97 Å². The molecule has 0 spiro atoms. The highest BCUT2D eigenvalue weighted by atomic mass is 32.1. The molecule has 0 aliphatic carbocycles. The van der Waals surface area contributed by atoms with Crippen molar-refractivity contribution in [2.75, 3.05) is 27.2 Å². The lowest BCUT2D eigenvalue weighted by molar-refractivity contribution is 0.0604. The number of hydrogen-bond acceptors (Lipinski definition) is 4. The Morgan fingerprint density at radius 2 is 2.12 bits per heavy atom. The van der Waals surface area contributed by atoms with Crippen LogP contribution in [0.5, 0.6) is 0 Å². The van der Waals surface area contributed by atoms with Crippen LogP contribution in [-0.2, 0) is 4.74 Å². The number of carbonyl (C=O) groups excluding carboxylic acids is 1. The van der Waals surface area contributed by atoms with Crippen LogP contribution in [-0.4, -0.2) is 38.1 Å². The molecule has 0 N–H and O–H groups in total. The lowest BCUT2D eigenvalue weighted by atomic mass is 9.89. The van der Waals surface area contributed by atoms with Gasteiger partial charge in [-0.2, -0.15) is 0 Å². The number of esters is 1. The Kier molecular flexibility index (Phi) is 3.84. The second kappa shape index (κ2) is 5.19. The van der Waals surface area contributed by atoms with Crippen LogP contribution < -0.4 is 0 Å². The molecule has 1 aromatic heterocycles. The van der Waals surface area contributed by atoms with Crippen molar-refractivity contribution in [3.63, 3.8) is 0 Å². The first-order valence-electron chi connectivity index (χ1n) is 5.99. The van der Waals surface area contributed by atoms with E-state index in [1.165, 1.54) is 17.6 Å². The summed E-state index contributed by atoms with van der Waals surface area (Å²) in [6.07, 6.45) is 2.27. The Labute approximate surface area is 106 Å². The van der Waals surface area contributed by atoms with E-state index in [9.17, 15) is 4.79 Å². The van der Waals surface area contributed by atoms with Crippen molar-refractivity contribution >= 4 is 17.3 Å². The number of piperidine rings is 1. The summed E-state index contributed by atoms with van der Waals surface area (Å²) in [7, 11) is 3.60. The molecule has 4 heteroatoms. The highest BCUT2D eigenvalue weighted by Gasteiger charge is 2.25. The number of likely N-dealkylation sites (tertiary alicyclic amines) is 1. The van der Waals surface area contributed by atoms with Crippen LogP contribution in [0.2, 0.25) is 0 Å². The summed E-state index contributed by atoms with van der Waals surface area (Å²) >= 11 is 1.55. The fraction of sp³-hybridized carbons (Fsp3) is 0.615. The van der Waals surface area contributed by atoms with E-state index in [0.717, 1.165) is 30.8 Å². The van der Waals surface area contributed by atoms with Crippen molar-refractivity contribution in [3.05, 3.63) is 21.4 Å². The number of ether oxygens (including phenoxy) is 1. The van der Waals surface area contributed by atoms with Gasteiger partial charge in [0.15, 0.2) is 0 Å². The first-order valence-corrected chi connectivity index (χ1v) is 6.80. The molecule has 2 heterocycles. The maximum absolute atomic E-state index is 11.7. The lowest BCUT2D eigenvalue weighted by Crippen LogP contribution is -2.29. The minimum absolute atomic E-state index is 0.183. The smallest absolute Gasteiger partial charge is 0.348 e. The lowest BCUT2D eigenvalue weighted by Gasteiger charge is -2.29. The van der Waals surface area contributed by atoms with Crippen molar-refractivity contribution < 1.29 is 9.53 Å². The van der Waals surface area contributed by atoms with Gasteiger partial charge in [0.2, 0.25) is 0 Å². The Hall–Kier alpha value is -0.870. The zero-order chi connectivity index (χ0) is 12.4. The summed E-state index contributed by atoms with van der Waals surface area (Å²) < 4.78 is 4.86. The van der Waals surface area contributed by atoms with Crippen LogP contribution in [0.3, 0.4) is 0 Å². The molecule has 1 aliphatic heterocycles. The van der Waals surface area contributed by atoms with Crippen molar-refractivity contribution in [3.8, 4) is 0 Å². The molecule has 3 nitrogen and oxygen atoms in total. The van der Waals surface area contributed by atoms with E-state index in [1.54, 1.807) is 11.3 Å². The van der Waals surface area contributed by atoms with Crippen molar-refractivity contribution in [2.24, 2.45) is 0 Å². The van der Waals surface area contributed by atoms with E-state index < -0.39 is 0 Å².